The molecule has 3 N–H and O–H groups in total. The Labute approximate surface area is 106 Å². The monoisotopic (exact) mass is 253 g/mol. The number of carboxylic acids is 1. The number of amides is 1. The topological polar surface area (TPSA) is 86.6 Å². The van der Waals surface area contributed by atoms with Crippen LogP contribution in [0.2, 0.25) is 0 Å². The van der Waals surface area contributed by atoms with E-state index in [9.17, 15) is 9.59 Å². The standard InChI is InChI=1S/C13H19NO4/c15-9-5-8(6-9)7-14-12(16)10-3-1-2-4-11(10)13(17)18/h1-2,8-11,15H,3-7H2,(H,14,16)(H,17,18)/t8?,9?,10-,11+/m1/s1. The Morgan fingerprint density at radius 2 is 1.78 bits per heavy atom. The first-order valence-corrected chi connectivity index (χ1v) is 6.41. The van der Waals surface area contributed by atoms with Crippen LogP contribution in [0.3, 0.4) is 0 Å². The highest BCUT2D eigenvalue weighted by molar-refractivity contribution is 5.85. The highest BCUT2D eigenvalue weighted by Crippen LogP contribution is 2.28. The van der Waals surface area contributed by atoms with Gasteiger partial charge in [0.1, 0.15) is 0 Å². The third kappa shape index (κ3) is 2.90. The normalized spacial score (nSPS) is 34.7. The van der Waals surface area contributed by atoms with E-state index in [1.165, 1.54) is 0 Å². The molecule has 1 amide bonds. The Morgan fingerprint density at radius 3 is 2.33 bits per heavy atom. The average Bonchev–Trinajstić information content (AvgIpc) is 2.32. The summed E-state index contributed by atoms with van der Waals surface area (Å²) in [6, 6.07) is 0. The number of aliphatic hydroxyl groups is 1. The lowest BCUT2D eigenvalue weighted by Crippen LogP contribution is -2.43. The van der Waals surface area contributed by atoms with Crippen LogP contribution in [-0.4, -0.2) is 34.7 Å². The van der Waals surface area contributed by atoms with Gasteiger partial charge in [-0.3, -0.25) is 9.59 Å². The van der Waals surface area contributed by atoms with E-state index >= 15 is 0 Å². The Kier molecular flexibility index (Phi) is 4.01. The molecule has 1 fully saturated rings. The molecular weight excluding hydrogens is 234 g/mol. The molecule has 2 atom stereocenters. The van der Waals surface area contributed by atoms with E-state index in [2.05, 4.69) is 5.32 Å². The van der Waals surface area contributed by atoms with Gasteiger partial charge in [0.25, 0.3) is 0 Å². The minimum Gasteiger partial charge on any atom is -0.481 e. The van der Waals surface area contributed by atoms with Gasteiger partial charge in [-0.2, -0.15) is 0 Å². The number of carboxylic acid groups (broad SMARTS) is 1. The van der Waals surface area contributed by atoms with Crippen molar-refractivity contribution in [2.75, 3.05) is 6.54 Å². The molecule has 2 aliphatic carbocycles. The van der Waals surface area contributed by atoms with Crippen molar-refractivity contribution < 1.29 is 19.8 Å². The SMILES string of the molecule is O=C(O)[C@H]1CC=CC[C@H]1C(=O)NCC1CC(O)C1. The first kappa shape index (κ1) is 13.1. The highest BCUT2D eigenvalue weighted by atomic mass is 16.4. The molecule has 0 saturated heterocycles. The zero-order chi connectivity index (χ0) is 13.1. The van der Waals surface area contributed by atoms with Crippen LogP contribution in [0.1, 0.15) is 25.7 Å². The van der Waals surface area contributed by atoms with Crippen LogP contribution in [0.15, 0.2) is 12.2 Å². The molecule has 0 aromatic heterocycles. The van der Waals surface area contributed by atoms with Crippen molar-refractivity contribution in [1.29, 1.82) is 0 Å². The van der Waals surface area contributed by atoms with Crippen molar-refractivity contribution in [1.82, 2.24) is 5.32 Å². The molecule has 0 aromatic rings. The van der Waals surface area contributed by atoms with Crippen LogP contribution in [0.5, 0.6) is 0 Å². The van der Waals surface area contributed by atoms with Gasteiger partial charge in [-0.1, -0.05) is 12.2 Å². The maximum Gasteiger partial charge on any atom is 0.307 e. The third-order valence-electron chi connectivity index (χ3n) is 3.86. The van der Waals surface area contributed by atoms with E-state index < -0.39 is 17.8 Å². The van der Waals surface area contributed by atoms with E-state index in [-0.39, 0.29) is 12.0 Å². The molecule has 0 unspecified atom stereocenters. The fourth-order valence-electron chi connectivity index (χ4n) is 2.62. The summed E-state index contributed by atoms with van der Waals surface area (Å²) in [6.07, 6.45) is 5.85. The lowest BCUT2D eigenvalue weighted by molar-refractivity contribution is -0.147. The van der Waals surface area contributed by atoms with Crippen LogP contribution in [-0.2, 0) is 9.59 Å². The second kappa shape index (κ2) is 5.52. The Hall–Kier alpha value is -1.36. The molecule has 1 saturated carbocycles. The predicted octanol–water partition coefficient (Wildman–Crippen LogP) is 0.540. The van der Waals surface area contributed by atoms with E-state index in [4.69, 9.17) is 10.2 Å². The molecule has 2 rings (SSSR count). The maximum absolute atomic E-state index is 12.0. The van der Waals surface area contributed by atoms with E-state index in [0.717, 1.165) is 12.8 Å². The summed E-state index contributed by atoms with van der Waals surface area (Å²) < 4.78 is 0. The van der Waals surface area contributed by atoms with Crippen molar-refractivity contribution in [3.05, 3.63) is 12.2 Å². The molecule has 100 valence electrons. The summed E-state index contributed by atoms with van der Waals surface area (Å²) in [4.78, 5) is 23.0. The van der Waals surface area contributed by atoms with Gasteiger partial charge in [0.15, 0.2) is 0 Å². The zero-order valence-corrected chi connectivity index (χ0v) is 10.2. The first-order valence-electron chi connectivity index (χ1n) is 6.41. The van der Waals surface area contributed by atoms with E-state index in [0.29, 0.717) is 25.3 Å². The molecule has 5 heteroatoms. The van der Waals surface area contributed by atoms with Crippen LogP contribution in [0.25, 0.3) is 0 Å². The fourth-order valence-corrected chi connectivity index (χ4v) is 2.62. The fraction of sp³-hybridized carbons (Fsp3) is 0.692. The summed E-state index contributed by atoms with van der Waals surface area (Å²) in [5.74, 6) is -1.81. The van der Waals surface area contributed by atoms with Crippen LogP contribution < -0.4 is 5.32 Å². The summed E-state index contributed by atoms with van der Waals surface area (Å²) in [7, 11) is 0. The summed E-state index contributed by atoms with van der Waals surface area (Å²) >= 11 is 0. The maximum atomic E-state index is 12.0. The molecular formula is C13H19NO4. The van der Waals surface area contributed by atoms with E-state index in [1.54, 1.807) is 0 Å². The lowest BCUT2D eigenvalue weighted by Gasteiger charge is -2.32. The number of hydrogen-bond acceptors (Lipinski definition) is 3. The molecule has 0 aromatic carbocycles. The van der Waals surface area contributed by atoms with Gasteiger partial charge >= 0.3 is 5.97 Å². The number of nitrogens with one attached hydrogen (secondary N) is 1. The van der Waals surface area contributed by atoms with Gasteiger partial charge < -0.3 is 15.5 Å². The minimum absolute atomic E-state index is 0.173. The summed E-state index contributed by atoms with van der Waals surface area (Å²) in [5.41, 5.74) is 0. The van der Waals surface area contributed by atoms with Gasteiger partial charge in [-0.05, 0) is 31.6 Å². The second-order valence-electron chi connectivity index (χ2n) is 5.23. The first-order chi connectivity index (χ1) is 8.58. The molecule has 2 aliphatic rings. The van der Waals surface area contributed by atoms with Crippen molar-refractivity contribution in [2.45, 2.75) is 31.8 Å². The number of allylic oxidation sites excluding steroid dienone is 2. The molecule has 5 nitrogen and oxygen atoms in total. The molecule has 0 bridgehead atoms. The van der Waals surface area contributed by atoms with Crippen molar-refractivity contribution in [3.63, 3.8) is 0 Å². The van der Waals surface area contributed by atoms with Crippen molar-refractivity contribution in [3.8, 4) is 0 Å². The van der Waals surface area contributed by atoms with Crippen molar-refractivity contribution in [2.24, 2.45) is 17.8 Å². The third-order valence-corrected chi connectivity index (χ3v) is 3.86. The number of aliphatic carboxylic acids is 1. The van der Waals surface area contributed by atoms with Gasteiger partial charge in [0.05, 0.1) is 17.9 Å². The summed E-state index contributed by atoms with van der Waals surface area (Å²) in [6.45, 7) is 0.544. The molecule has 0 heterocycles. The van der Waals surface area contributed by atoms with Crippen LogP contribution in [0, 0.1) is 17.8 Å². The molecule has 0 aliphatic heterocycles. The lowest BCUT2D eigenvalue weighted by atomic mass is 9.81. The summed E-state index contributed by atoms with van der Waals surface area (Å²) in [5, 5.41) is 21.0. The van der Waals surface area contributed by atoms with Crippen molar-refractivity contribution >= 4 is 11.9 Å². The largest absolute Gasteiger partial charge is 0.481 e. The zero-order valence-electron chi connectivity index (χ0n) is 10.2. The smallest absolute Gasteiger partial charge is 0.307 e. The molecule has 0 radical (unpaired) electrons. The Bertz CT molecular complexity index is 360. The number of carbonyl (C=O) groups is 2. The van der Waals surface area contributed by atoms with Gasteiger partial charge in [-0.15, -0.1) is 0 Å². The average molecular weight is 253 g/mol. The number of carbonyl (C=O) groups excluding carboxylic acids is 1. The van der Waals surface area contributed by atoms with Gasteiger partial charge in [-0.25, -0.2) is 0 Å². The molecule has 0 spiro atoms. The predicted molar refractivity (Wildman–Crippen MR) is 64.7 cm³/mol. The Morgan fingerprint density at radius 1 is 1.17 bits per heavy atom. The van der Waals surface area contributed by atoms with Crippen LogP contribution >= 0.6 is 0 Å². The molecule has 18 heavy (non-hydrogen) atoms. The number of hydrogen-bond donors (Lipinski definition) is 3. The van der Waals surface area contributed by atoms with E-state index in [1.807, 2.05) is 12.2 Å². The van der Waals surface area contributed by atoms with Crippen LogP contribution in [0.4, 0.5) is 0 Å². The number of aliphatic hydroxyl groups excluding tert-OH is 1. The quantitative estimate of drug-likeness (QED) is 0.638. The van der Waals surface area contributed by atoms with Gasteiger partial charge in [0, 0.05) is 6.54 Å². The second-order valence-corrected chi connectivity index (χ2v) is 5.23. The Balaban J connectivity index is 1.83. The minimum atomic E-state index is -0.904. The number of rotatable bonds is 4. The highest BCUT2D eigenvalue weighted by Gasteiger charge is 2.34. The van der Waals surface area contributed by atoms with Gasteiger partial charge in [0.2, 0.25) is 5.91 Å².